The molecule has 3 aromatic rings. The zero-order valence-corrected chi connectivity index (χ0v) is 20.4. The predicted molar refractivity (Wildman–Crippen MR) is 130 cm³/mol. The molecule has 1 aromatic heterocycles. The number of aliphatic hydroxyl groups is 1. The monoisotopic (exact) mass is 525 g/mol. The molecule has 176 valence electrons. The molecule has 1 amide bonds. The van der Waals surface area contributed by atoms with Crippen LogP contribution in [0.15, 0.2) is 71.2 Å². The molecule has 4 rings (SSSR count). The van der Waals surface area contributed by atoms with Gasteiger partial charge < -0.3 is 24.0 Å². The van der Waals surface area contributed by atoms with E-state index in [0.717, 1.165) is 4.47 Å². The van der Waals surface area contributed by atoms with Crippen LogP contribution in [-0.4, -0.2) is 52.0 Å². The third kappa shape index (κ3) is 4.56. The number of likely N-dealkylation sites (tertiary alicyclic amines) is 1. The van der Waals surface area contributed by atoms with E-state index >= 15 is 0 Å². The van der Waals surface area contributed by atoms with Crippen molar-refractivity contribution in [3.63, 3.8) is 0 Å². The second kappa shape index (κ2) is 10.1. The summed E-state index contributed by atoms with van der Waals surface area (Å²) in [5.74, 6) is -0.618. The Balaban J connectivity index is 1.81. The van der Waals surface area contributed by atoms with Crippen molar-refractivity contribution in [3.8, 4) is 11.5 Å². The van der Waals surface area contributed by atoms with Gasteiger partial charge in [0.2, 0.25) is 0 Å². The first-order valence-electron chi connectivity index (χ1n) is 10.7. The number of rotatable bonds is 8. The highest BCUT2D eigenvalue weighted by Gasteiger charge is 2.47. The lowest BCUT2D eigenvalue weighted by atomic mass is 9.94. The molecule has 2 heterocycles. The summed E-state index contributed by atoms with van der Waals surface area (Å²) < 4.78 is 13.7. The fourth-order valence-electron chi connectivity index (χ4n) is 4.09. The first kappa shape index (κ1) is 23.6. The van der Waals surface area contributed by atoms with Crippen LogP contribution >= 0.6 is 15.9 Å². The second-order valence-electron chi connectivity index (χ2n) is 7.76. The summed E-state index contributed by atoms with van der Waals surface area (Å²) in [5.41, 5.74) is 1.01. The number of ketones is 1. The molecule has 0 spiro atoms. The van der Waals surface area contributed by atoms with Crippen molar-refractivity contribution in [1.29, 1.82) is 0 Å². The van der Waals surface area contributed by atoms with E-state index in [1.54, 1.807) is 55.0 Å². The standard InChI is InChI=1S/C25H24BrN3O5/c1-33-18-8-9-20(34-2)19(14-18)22-21(23(30)16-4-6-17(26)7-5-16)24(31)25(32)29(22)12-3-11-28-13-10-27-15-28/h4-10,13-15,22,30H,3,11-12H2,1-2H3/b23-21-. The van der Waals surface area contributed by atoms with Gasteiger partial charge in [-0.15, -0.1) is 0 Å². The highest BCUT2D eigenvalue weighted by atomic mass is 79.9. The number of benzene rings is 2. The van der Waals surface area contributed by atoms with Crippen molar-refractivity contribution in [1.82, 2.24) is 14.5 Å². The van der Waals surface area contributed by atoms with Crippen LogP contribution in [0.3, 0.4) is 0 Å². The van der Waals surface area contributed by atoms with Gasteiger partial charge in [0.1, 0.15) is 17.3 Å². The summed E-state index contributed by atoms with van der Waals surface area (Å²) in [7, 11) is 3.06. The second-order valence-corrected chi connectivity index (χ2v) is 8.68. The number of amides is 1. The maximum Gasteiger partial charge on any atom is 0.295 e. The summed E-state index contributed by atoms with van der Waals surface area (Å²) in [6.45, 7) is 0.919. The van der Waals surface area contributed by atoms with E-state index in [9.17, 15) is 14.7 Å². The minimum absolute atomic E-state index is 0.0153. The lowest BCUT2D eigenvalue weighted by Crippen LogP contribution is -2.31. The van der Waals surface area contributed by atoms with Gasteiger partial charge in [-0.3, -0.25) is 9.59 Å². The number of carbonyl (C=O) groups excluding carboxylic acids is 2. The molecule has 1 aliphatic rings. The fraction of sp³-hybridized carbons (Fsp3) is 0.240. The molecule has 0 bridgehead atoms. The molecule has 1 saturated heterocycles. The van der Waals surface area contributed by atoms with Crippen LogP contribution in [0.4, 0.5) is 0 Å². The highest BCUT2D eigenvalue weighted by Crippen LogP contribution is 2.44. The van der Waals surface area contributed by atoms with E-state index < -0.39 is 17.7 Å². The number of nitrogens with zero attached hydrogens (tertiary/aromatic N) is 3. The number of carbonyl (C=O) groups is 2. The van der Waals surface area contributed by atoms with E-state index in [4.69, 9.17) is 9.47 Å². The van der Waals surface area contributed by atoms with Gasteiger partial charge in [0.05, 0.1) is 32.2 Å². The summed E-state index contributed by atoms with van der Waals surface area (Å²) in [5, 5.41) is 11.2. The molecule has 9 heteroatoms. The summed E-state index contributed by atoms with van der Waals surface area (Å²) >= 11 is 3.37. The van der Waals surface area contributed by atoms with Gasteiger partial charge in [0, 0.05) is 41.1 Å². The lowest BCUT2D eigenvalue weighted by Gasteiger charge is -2.27. The summed E-state index contributed by atoms with van der Waals surface area (Å²) in [6, 6.07) is 11.2. The molecule has 2 aromatic carbocycles. The Morgan fingerprint density at radius 3 is 2.50 bits per heavy atom. The molecule has 1 fully saturated rings. The van der Waals surface area contributed by atoms with E-state index in [0.29, 0.717) is 42.1 Å². The van der Waals surface area contributed by atoms with E-state index in [1.807, 2.05) is 10.8 Å². The van der Waals surface area contributed by atoms with Crippen molar-refractivity contribution < 1.29 is 24.2 Å². The van der Waals surface area contributed by atoms with Gasteiger partial charge in [-0.2, -0.15) is 0 Å². The maximum atomic E-state index is 13.2. The van der Waals surface area contributed by atoms with Crippen molar-refractivity contribution in [3.05, 3.63) is 82.4 Å². The van der Waals surface area contributed by atoms with Crippen molar-refractivity contribution in [2.75, 3.05) is 20.8 Å². The van der Waals surface area contributed by atoms with Crippen LogP contribution in [0.1, 0.15) is 23.6 Å². The SMILES string of the molecule is COc1ccc(OC)c(C2/C(=C(/O)c3ccc(Br)cc3)C(=O)C(=O)N2CCCn2ccnc2)c1. The molecule has 0 aliphatic carbocycles. The van der Waals surface area contributed by atoms with Gasteiger partial charge in [-0.1, -0.05) is 28.1 Å². The molecular formula is C25H24BrN3O5. The number of aryl methyl sites for hydroxylation is 1. The van der Waals surface area contributed by atoms with Gasteiger partial charge in [-0.05, 0) is 36.8 Å². The molecule has 0 saturated carbocycles. The van der Waals surface area contributed by atoms with Crippen molar-refractivity contribution >= 4 is 33.4 Å². The number of ether oxygens (including phenoxy) is 2. The van der Waals surface area contributed by atoms with E-state index in [1.165, 1.54) is 19.1 Å². The minimum atomic E-state index is -0.837. The molecule has 34 heavy (non-hydrogen) atoms. The fourth-order valence-corrected chi connectivity index (χ4v) is 4.36. The van der Waals surface area contributed by atoms with Crippen LogP contribution in [0.5, 0.6) is 11.5 Å². The van der Waals surface area contributed by atoms with Gasteiger partial charge in [0.25, 0.3) is 11.7 Å². The highest BCUT2D eigenvalue weighted by molar-refractivity contribution is 9.10. The number of halogens is 1. The Labute approximate surface area is 205 Å². The largest absolute Gasteiger partial charge is 0.507 e. The molecule has 0 radical (unpaired) electrons. The molecule has 1 atom stereocenters. The average Bonchev–Trinajstić information content (AvgIpc) is 3.46. The van der Waals surface area contributed by atoms with Crippen molar-refractivity contribution in [2.45, 2.75) is 19.0 Å². The number of imidazole rings is 1. The Kier molecular flexibility index (Phi) is 7.02. The zero-order valence-electron chi connectivity index (χ0n) is 18.8. The van der Waals surface area contributed by atoms with E-state index in [-0.39, 0.29) is 11.3 Å². The Morgan fingerprint density at radius 2 is 1.85 bits per heavy atom. The number of hydrogen-bond donors (Lipinski definition) is 1. The van der Waals surface area contributed by atoms with Crippen LogP contribution in [0.2, 0.25) is 0 Å². The molecule has 8 nitrogen and oxygen atoms in total. The minimum Gasteiger partial charge on any atom is -0.507 e. The Hall–Kier alpha value is -3.59. The Morgan fingerprint density at radius 1 is 1.09 bits per heavy atom. The maximum absolute atomic E-state index is 13.2. The smallest absolute Gasteiger partial charge is 0.295 e. The van der Waals surface area contributed by atoms with Crippen LogP contribution in [-0.2, 0) is 16.1 Å². The number of aromatic nitrogens is 2. The van der Waals surface area contributed by atoms with E-state index in [2.05, 4.69) is 20.9 Å². The third-order valence-corrected chi connectivity index (χ3v) is 6.29. The first-order valence-corrected chi connectivity index (χ1v) is 11.5. The van der Waals surface area contributed by atoms with Gasteiger partial charge in [0.15, 0.2) is 0 Å². The topological polar surface area (TPSA) is 93.9 Å². The molecule has 1 aliphatic heterocycles. The molecule has 1 N–H and O–H groups in total. The van der Waals surface area contributed by atoms with Gasteiger partial charge >= 0.3 is 0 Å². The number of Topliss-reactive ketones (excluding diaryl/α,β-unsaturated/α-hetero) is 1. The van der Waals surface area contributed by atoms with Gasteiger partial charge in [-0.25, -0.2) is 4.98 Å². The van der Waals surface area contributed by atoms with Crippen LogP contribution in [0, 0.1) is 0 Å². The lowest BCUT2D eigenvalue weighted by molar-refractivity contribution is -0.140. The van der Waals surface area contributed by atoms with Crippen molar-refractivity contribution in [2.24, 2.45) is 0 Å². The number of hydrogen-bond acceptors (Lipinski definition) is 6. The number of methoxy groups -OCH3 is 2. The Bertz CT molecular complexity index is 1220. The third-order valence-electron chi connectivity index (χ3n) is 5.76. The molecule has 1 unspecified atom stereocenters. The average molecular weight is 526 g/mol. The molecular weight excluding hydrogens is 502 g/mol. The quantitative estimate of drug-likeness (QED) is 0.269. The first-order chi connectivity index (χ1) is 16.4. The van der Waals surface area contributed by atoms with Crippen LogP contribution in [0.25, 0.3) is 5.76 Å². The normalized spacial score (nSPS) is 17.3. The zero-order chi connectivity index (χ0) is 24.2. The summed E-state index contributed by atoms with van der Waals surface area (Å²) in [6.07, 6.45) is 5.81. The predicted octanol–water partition coefficient (Wildman–Crippen LogP) is 4.17. The summed E-state index contributed by atoms with van der Waals surface area (Å²) in [4.78, 5) is 31.9. The van der Waals surface area contributed by atoms with Crippen LogP contribution < -0.4 is 9.47 Å². The number of aliphatic hydroxyl groups excluding tert-OH is 1.